The highest BCUT2D eigenvalue weighted by atomic mass is 19.1. The lowest BCUT2D eigenvalue weighted by molar-refractivity contribution is 0.0695. The first-order chi connectivity index (χ1) is 12.0. The highest BCUT2D eigenvalue weighted by Crippen LogP contribution is 2.35. The van der Waals surface area contributed by atoms with Crippen molar-refractivity contribution in [1.82, 2.24) is 4.68 Å². The predicted octanol–water partition coefficient (Wildman–Crippen LogP) is 1.95. The Morgan fingerprint density at radius 2 is 1.92 bits per heavy atom. The molecule has 0 spiro atoms. The summed E-state index contributed by atoms with van der Waals surface area (Å²) in [5.41, 5.74) is 1.06. The van der Waals surface area contributed by atoms with Gasteiger partial charge in [0.1, 0.15) is 11.4 Å². The van der Waals surface area contributed by atoms with Crippen molar-refractivity contribution in [3.05, 3.63) is 39.4 Å². The Labute approximate surface area is 144 Å². The lowest BCUT2D eigenvalue weighted by Gasteiger charge is -2.36. The minimum absolute atomic E-state index is 0.139. The lowest BCUT2D eigenvalue weighted by Crippen LogP contribution is -2.40. The molecule has 0 bridgehead atoms. The SMILES string of the molecule is CN1CCc2c(N3CCCCC3)c(F)cc3c(=O)c(C(=O)O)cn1c23. The summed E-state index contributed by atoms with van der Waals surface area (Å²) < 4.78 is 16.7. The molecule has 4 rings (SSSR count). The summed E-state index contributed by atoms with van der Waals surface area (Å²) in [4.78, 5) is 26.0. The molecule has 2 aliphatic heterocycles. The molecule has 2 aromatic rings. The standard InChI is InChI=1S/C18H20FN3O3/c1-20-8-5-11-15-12(17(23)13(18(24)25)10-22(15)20)9-14(19)16(11)21-6-3-2-4-7-21/h9-10H,2-8H2,1H3,(H,24,25). The van der Waals surface area contributed by atoms with E-state index in [4.69, 9.17) is 0 Å². The maximum absolute atomic E-state index is 15.0. The predicted molar refractivity (Wildman–Crippen MR) is 93.9 cm³/mol. The fraction of sp³-hybridized carbons (Fsp3) is 0.444. The van der Waals surface area contributed by atoms with Gasteiger partial charge in [-0.1, -0.05) is 0 Å². The van der Waals surface area contributed by atoms with Crippen LogP contribution in [-0.4, -0.2) is 42.4 Å². The van der Waals surface area contributed by atoms with Crippen molar-refractivity contribution >= 4 is 22.6 Å². The molecule has 0 amide bonds. The van der Waals surface area contributed by atoms with Crippen molar-refractivity contribution in [2.45, 2.75) is 25.7 Å². The molecule has 1 N–H and O–H groups in total. The third kappa shape index (κ3) is 2.37. The van der Waals surface area contributed by atoms with Gasteiger partial charge in [0.15, 0.2) is 0 Å². The molecule has 132 valence electrons. The second-order valence-electron chi connectivity index (χ2n) is 6.78. The van der Waals surface area contributed by atoms with E-state index < -0.39 is 17.2 Å². The van der Waals surface area contributed by atoms with Crippen LogP contribution in [0.15, 0.2) is 17.1 Å². The average molecular weight is 345 g/mol. The van der Waals surface area contributed by atoms with E-state index in [0.29, 0.717) is 24.2 Å². The van der Waals surface area contributed by atoms with E-state index in [1.165, 1.54) is 12.3 Å². The molecule has 0 atom stereocenters. The number of anilines is 1. The minimum atomic E-state index is -1.29. The van der Waals surface area contributed by atoms with Crippen LogP contribution in [0.2, 0.25) is 0 Å². The number of hydrogen-bond donors (Lipinski definition) is 1. The fourth-order valence-corrected chi connectivity index (χ4v) is 4.01. The summed E-state index contributed by atoms with van der Waals surface area (Å²) >= 11 is 0. The van der Waals surface area contributed by atoms with Crippen molar-refractivity contribution in [2.75, 3.05) is 36.6 Å². The van der Waals surface area contributed by atoms with Crippen molar-refractivity contribution in [3.63, 3.8) is 0 Å². The molecule has 1 saturated heterocycles. The zero-order chi connectivity index (χ0) is 17.7. The Kier molecular flexibility index (Phi) is 3.67. The fourth-order valence-electron chi connectivity index (χ4n) is 4.01. The first-order valence-corrected chi connectivity index (χ1v) is 8.59. The molecule has 25 heavy (non-hydrogen) atoms. The summed E-state index contributed by atoms with van der Waals surface area (Å²) in [7, 11) is 1.84. The van der Waals surface area contributed by atoms with E-state index in [-0.39, 0.29) is 10.9 Å². The van der Waals surface area contributed by atoms with Crippen LogP contribution in [0.3, 0.4) is 0 Å². The summed E-state index contributed by atoms with van der Waals surface area (Å²) in [5.74, 6) is -1.73. The van der Waals surface area contributed by atoms with Gasteiger partial charge in [0.25, 0.3) is 0 Å². The number of rotatable bonds is 2. The third-order valence-electron chi connectivity index (χ3n) is 5.25. The van der Waals surface area contributed by atoms with Crippen LogP contribution >= 0.6 is 0 Å². The van der Waals surface area contributed by atoms with E-state index in [2.05, 4.69) is 4.90 Å². The number of piperidine rings is 1. The lowest BCUT2D eigenvalue weighted by atomic mass is 9.98. The molecule has 2 aliphatic rings. The number of benzene rings is 1. The smallest absolute Gasteiger partial charge is 0.341 e. The monoisotopic (exact) mass is 345 g/mol. The maximum atomic E-state index is 15.0. The van der Waals surface area contributed by atoms with E-state index in [1.807, 2.05) is 12.1 Å². The number of nitrogens with zero attached hydrogens (tertiary/aromatic N) is 3. The van der Waals surface area contributed by atoms with Gasteiger partial charge in [0.05, 0.1) is 16.6 Å². The first-order valence-electron chi connectivity index (χ1n) is 8.59. The van der Waals surface area contributed by atoms with Crippen LogP contribution in [-0.2, 0) is 6.42 Å². The van der Waals surface area contributed by atoms with E-state index in [1.54, 1.807) is 4.68 Å². The molecular weight excluding hydrogens is 325 g/mol. The second kappa shape index (κ2) is 5.75. The van der Waals surface area contributed by atoms with Crippen LogP contribution in [0.25, 0.3) is 10.9 Å². The molecule has 1 aromatic heterocycles. The molecule has 0 unspecified atom stereocenters. The molecular formula is C18H20FN3O3. The number of halogens is 1. The quantitative estimate of drug-likeness (QED) is 0.901. The van der Waals surface area contributed by atoms with E-state index >= 15 is 0 Å². The van der Waals surface area contributed by atoms with Crippen LogP contribution < -0.4 is 15.3 Å². The molecule has 0 saturated carbocycles. The van der Waals surface area contributed by atoms with Crippen molar-refractivity contribution in [2.24, 2.45) is 0 Å². The highest BCUT2D eigenvalue weighted by molar-refractivity contribution is 5.95. The number of hydrogen-bond acceptors (Lipinski definition) is 4. The van der Waals surface area contributed by atoms with Gasteiger partial charge < -0.3 is 15.0 Å². The summed E-state index contributed by atoms with van der Waals surface area (Å²) in [6, 6.07) is 1.22. The highest BCUT2D eigenvalue weighted by Gasteiger charge is 2.28. The summed E-state index contributed by atoms with van der Waals surface area (Å²) in [6.07, 6.45) is 5.19. The van der Waals surface area contributed by atoms with Gasteiger partial charge >= 0.3 is 5.97 Å². The Hall–Kier alpha value is -2.57. The van der Waals surface area contributed by atoms with E-state index in [0.717, 1.165) is 37.9 Å². The molecule has 3 heterocycles. The van der Waals surface area contributed by atoms with Gasteiger partial charge in [-0.15, -0.1) is 0 Å². The Balaban J connectivity index is 2.06. The summed E-state index contributed by atoms with van der Waals surface area (Å²) in [5, 5.41) is 11.3. The Morgan fingerprint density at radius 1 is 1.20 bits per heavy atom. The van der Waals surface area contributed by atoms with Gasteiger partial charge in [0.2, 0.25) is 5.43 Å². The van der Waals surface area contributed by atoms with Crippen LogP contribution in [0.1, 0.15) is 35.2 Å². The average Bonchev–Trinajstić information content (AvgIpc) is 2.60. The second-order valence-corrected chi connectivity index (χ2v) is 6.78. The zero-order valence-corrected chi connectivity index (χ0v) is 14.1. The summed E-state index contributed by atoms with van der Waals surface area (Å²) in [6.45, 7) is 2.25. The first kappa shape index (κ1) is 15.9. The van der Waals surface area contributed by atoms with Crippen molar-refractivity contribution in [3.8, 4) is 0 Å². The topological polar surface area (TPSA) is 65.8 Å². The number of carboxylic acid groups (broad SMARTS) is 1. The number of carboxylic acids is 1. The largest absolute Gasteiger partial charge is 0.477 e. The molecule has 0 aliphatic carbocycles. The maximum Gasteiger partial charge on any atom is 0.341 e. The van der Waals surface area contributed by atoms with Crippen molar-refractivity contribution in [1.29, 1.82) is 0 Å². The molecule has 1 fully saturated rings. The molecule has 6 nitrogen and oxygen atoms in total. The number of likely N-dealkylation sites (N-methyl/N-ethyl adjacent to an activating group) is 1. The van der Waals surface area contributed by atoms with Crippen molar-refractivity contribution < 1.29 is 14.3 Å². The number of aromatic carboxylic acids is 1. The van der Waals surface area contributed by atoms with Crippen LogP contribution in [0.5, 0.6) is 0 Å². The molecule has 1 aromatic carbocycles. The van der Waals surface area contributed by atoms with Gasteiger partial charge in [-0.25, -0.2) is 9.18 Å². The van der Waals surface area contributed by atoms with Gasteiger partial charge in [-0.3, -0.25) is 9.47 Å². The van der Waals surface area contributed by atoms with Crippen LogP contribution in [0, 0.1) is 5.82 Å². The number of aromatic nitrogens is 1. The zero-order valence-electron chi connectivity index (χ0n) is 14.1. The number of pyridine rings is 1. The molecule has 7 heteroatoms. The third-order valence-corrected chi connectivity index (χ3v) is 5.25. The Morgan fingerprint density at radius 3 is 2.60 bits per heavy atom. The normalized spacial score (nSPS) is 17.2. The minimum Gasteiger partial charge on any atom is -0.477 e. The van der Waals surface area contributed by atoms with E-state index in [9.17, 15) is 19.1 Å². The Bertz CT molecular complexity index is 932. The van der Waals surface area contributed by atoms with Gasteiger partial charge in [0, 0.05) is 38.4 Å². The number of carbonyl (C=O) groups is 1. The molecule has 0 radical (unpaired) electrons. The van der Waals surface area contributed by atoms with Gasteiger partial charge in [-0.2, -0.15) is 0 Å². The van der Waals surface area contributed by atoms with Crippen LogP contribution in [0.4, 0.5) is 10.1 Å². The van der Waals surface area contributed by atoms with Gasteiger partial charge in [-0.05, 0) is 31.7 Å².